The first-order valence-corrected chi connectivity index (χ1v) is 3.38. The predicted molar refractivity (Wildman–Crippen MR) is 59.4 cm³/mol. The summed E-state index contributed by atoms with van der Waals surface area (Å²) in [7, 11) is 0. The molecule has 0 saturated carbocycles. The molecule has 1 aromatic rings. The van der Waals surface area contributed by atoms with Gasteiger partial charge in [0.1, 0.15) is 5.69 Å². The number of nitrogens with zero attached hydrogens (tertiary/aromatic N) is 1. The zero-order valence-electron chi connectivity index (χ0n) is 6.85. The average molecular weight is 181 g/mol. The number of allylic oxidation sites excluding steroid dienone is 2. The number of hydrogen-bond donors (Lipinski definition) is 0. The van der Waals surface area contributed by atoms with Crippen molar-refractivity contribution in [2.75, 3.05) is 0 Å². The number of oxazole rings is 1. The van der Waals surface area contributed by atoms with Gasteiger partial charge >= 0.3 is 0 Å². The zero-order chi connectivity index (χ0) is 8.43. The van der Waals surface area contributed by atoms with Gasteiger partial charge in [-0.2, -0.15) is 0 Å². The van der Waals surface area contributed by atoms with Crippen LogP contribution in [0.1, 0.15) is 40.2 Å². The second-order valence-corrected chi connectivity index (χ2v) is 2.59. The highest BCUT2D eigenvalue weighted by Crippen LogP contribution is 2.21. The molecule has 0 atom stereocenters. The zero-order valence-corrected chi connectivity index (χ0v) is 6.85. The molecule has 2 nitrogen and oxygen atoms in total. The van der Waals surface area contributed by atoms with Crippen molar-refractivity contribution in [3.8, 4) is 0 Å². The second-order valence-electron chi connectivity index (χ2n) is 2.59. The van der Waals surface area contributed by atoms with Crippen molar-refractivity contribution in [3.63, 3.8) is 0 Å². The van der Waals surface area contributed by atoms with Crippen molar-refractivity contribution in [3.05, 3.63) is 31.0 Å². The molecule has 1 aromatic heterocycles. The van der Waals surface area contributed by atoms with Gasteiger partial charge in [0.25, 0.3) is 0 Å². The summed E-state index contributed by atoms with van der Waals surface area (Å²) in [5, 5.41) is 0. The number of hydrogen-bond acceptors (Lipinski definition) is 2. The van der Waals surface area contributed by atoms with Crippen LogP contribution in [-0.4, -0.2) is 4.98 Å². The van der Waals surface area contributed by atoms with Gasteiger partial charge in [0.05, 0.1) is 0 Å². The summed E-state index contributed by atoms with van der Waals surface area (Å²) >= 11 is 0. The third kappa shape index (κ3) is 2.90. The topological polar surface area (TPSA) is 26.0 Å². The quantitative estimate of drug-likeness (QED) is 0.689. The van der Waals surface area contributed by atoms with Crippen LogP contribution >= 0.6 is 0 Å². The molecule has 0 aliphatic carbocycles. The first kappa shape index (κ1) is 14.2. The summed E-state index contributed by atoms with van der Waals surface area (Å²) < 4.78 is 5.12. The Bertz CT molecular complexity index is 268. The maximum atomic E-state index is 5.12. The molecule has 2 heteroatoms. The Morgan fingerprint density at radius 2 is 1.77 bits per heavy atom. The Morgan fingerprint density at radius 3 is 2.08 bits per heavy atom. The van der Waals surface area contributed by atoms with E-state index >= 15 is 0 Å². The van der Waals surface area contributed by atoms with E-state index in [1.165, 1.54) is 6.39 Å². The lowest BCUT2D eigenvalue weighted by atomic mass is 10.1. The lowest BCUT2D eigenvalue weighted by Crippen LogP contribution is -1.83. The van der Waals surface area contributed by atoms with Crippen molar-refractivity contribution < 1.29 is 4.42 Å². The molecule has 74 valence electrons. The third-order valence-electron chi connectivity index (χ3n) is 1.36. The molecule has 0 saturated heterocycles. The first-order valence-electron chi connectivity index (χ1n) is 3.38. The van der Waals surface area contributed by atoms with E-state index in [4.69, 9.17) is 4.42 Å². The Kier molecular flexibility index (Phi) is 5.86. The Hall–Kier alpha value is -1.31. The fourth-order valence-corrected chi connectivity index (χ4v) is 0.853. The van der Waals surface area contributed by atoms with E-state index in [0.717, 1.165) is 22.6 Å². The van der Waals surface area contributed by atoms with Gasteiger partial charge in [-0.1, -0.05) is 28.0 Å². The van der Waals surface area contributed by atoms with Gasteiger partial charge in [-0.05, 0) is 25.0 Å². The highest BCUT2D eigenvalue weighted by molar-refractivity contribution is 5.70. The molecule has 1 rings (SSSR count). The molecule has 0 fully saturated rings. The summed E-state index contributed by atoms with van der Waals surface area (Å²) in [6.07, 6.45) is 1.41. The van der Waals surface area contributed by atoms with Gasteiger partial charge in [0, 0.05) is 0 Å². The van der Waals surface area contributed by atoms with Crippen molar-refractivity contribution in [1.29, 1.82) is 0 Å². The minimum absolute atomic E-state index is 0. The Labute approximate surface area is 81.0 Å². The molecule has 0 aliphatic rings. The lowest BCUT2D eigenvalue weighted by Gasteiger charge is -1.96. The minimum Gasteiger partial charge on any atom is -0.443 e. The molecule has 13 heavy (non-hydrogen) atoms. The highest BCUT2D eigenvalue weighted by atomic mass is 16.3. The van der Waals surface area contributed by atoms with Crippen LogP contribution < -0.4 is 0 Å². The lowest BCUT2D eigenvalue weighted by molar-refractivity contribution is 0.544. The second kappa shape index (κ2) is 5.36. The van der Waals surface area contributed by atoms with Crippen LogP contribution in [0.3, 0.4) is 0 Å². The fourth-order valence-electron chi connectivity index (χ4n) is 0.853. The normalized spacial score (nSPS) is 8.15. The monoisotopic (exact) mass is 181 g/mol. The summed E-state index contributed by atoms with van der Waals surface area (Å²) in [5.74, 6) is 0.734. The SMILES string of the molecule is C.C.C=C(C)c1ncoc1C(=C)C. The van der Waals surface area contributed by atoms with Crippen LogP contribution in [0.5, 0.6) is 0 Å². The summed E-state index contributed by atoms with van der Waals surface area (Å²) in [5.41, 5.74) is 2.58. The number of aromatic nitrogens is 1. The molecule has 0 N–H and O–H groups in total. The van der Waals surface area contributed by atoms with E-state index in [9.17, 15) is 0 Å². The molecule has 0 spiro atoms. The van der Waals surface area contributed by atoms with Crippen LogP contribution in [0.4, 0.5) is 0 Å². The predicted octanol–water partition coefficient (Wildman–Crippen LogP) is 4.01. The smallest absolute Gasteiger partial charge is 0.182 e. The summed E-state index contributed by atoms with van der Waals surface area (Å²) in [6, 6.07) is 0. The number of rotatable bonds is 2. The maximum Gasteiger partial charge on any atom is 0.182 e. The van der Waals surface area contributed by atoms with Gasteiger partial charge in [0.2, 0.25) is 0 Å². The van der Waals surface area contributed by atoms with Gasteiger partial charge in [0.15, 0.2) is 12.2 Å². The van der Waals surface area contributed by atoms with Crippen molar-refractivity contribution in [2.24, 2.45) is 0 Å². The molecule has 0 bridgehead atoms. The van der Waals surface area contributed by atoms with Crippen molar-refractivity contribution in [2.45, 2.75) is 28.7 Å². The summed E-state index contributed by atoms with van der Waals surface area (Å²) in [4.78, 5) is 4.01. The van der Waals surface area contributed by atoms with E-state index in [1.54, 1.807) is 0 Å². The van der Waals surface area contributed by atoms with Crippen molar-refractivity contribution >= 4 is 11.1 Å². The molecule has 0 aliphatic heterocycles. The van der Waals surface area contributed by atoms with Gasteiger partial charge in [-0.15, -0.1) is 0 Å². The first-order chi connectivity index (χ1) is 5.13. The molecule has 0 unspecified atom stereocenters. The Balaban J connectivity index is 0. The van der Waals surface area contributed by atoms with E-state index in [1.807, 2.05) is 13.8 Å². The molecular formula is C11H19NO. The maximum absolute atomic E-state index is 5.12. The molecule has 0 aromatic carbocycles. The van der Waals surface area contributed by atoms with E-state index in [2.05, 4.69) is 18.1 Å². The van der Waals surface area contributed by atoms with Crippen LogP contribution in [0.2, 0.25) is 0 Å². The molecule has 0 amide bonds. The average Bonchev–Trinajstić information content (AvgIpc) is 2.32. The van der Waals surface area contributed by atoms with Gasteiger partial charge in [-0.3, -0.25) is 0 Å². The van der Waals surface area contributed by atoms with E-state index in [-0.39, 0.29) is 14.9 Å². The third-order valence-corrected chi connectivity index (χ3v) is 1.36. The van der Waals surface area contributed by atoms with E-state index < -0.39 is 0 Å². The van der Waals surface area contributed by atoms with Gasteiger partial charge < -0.3 is 4.42 Å². The minimum atomic E-state index is 0. The van der Waals surface area contributed by atoms with Crippen LogP contribution in [0.15, 0.2) is 24.0 Å². The van der Waals surface area contributed by atoms with Gasteiger partial charge in [-0.25, -0.2) is 4.98 Å². The fraction of sp³-hybridized carbons (Fsp3) is 0.364. The van der Waals surface area contributed by atoms with Crippen molar-refractivity contribution in [1.82, 2.24) is 4.98 Å². The molecular weight excluding hydrogens is 162 g/mol. The Morgan fingerprint density at radius 1 is 1.23 bits per heavy atom. The molecule has 1 heterocycles. The molecule has 0 radical (unpaired) electrons. The largest absolute Gasteiger partial charge is 0.443 e. The van der Waals surface area contributed by atoms with Crippen LogP contribution in [-0.2, 0) is 0 Å². The van der Waals surface area contributed by atoms with E-state index in [0.29, 0.717) is 0 Å². The van der Waals surface area contributed by atoms with Crippen LogP contribution in [0.25, 0.3) is 11.1 Å². The van der Waals surface area contributed by atoms with Crippen LogP contribution in [0, 0.1) is 0 Å². The summed E-state index contributed by atoms with van der Waals surface area (Å²) in [6.45, 7) is 11.3. The standard InChI is InChI=1S/C9H11NO.2CH4/c1-6(2)8-9(7(3)4)11-5-10-8;;/h5H,1,3H2,2,4H3;2*1H4. The highest BCUT2D eigenvalue weighted by Gasteiger charge is 2.07.